The van der Waals surface area contributed by atoms with Gasteiger partial charge < -0.3 is 14.8 Å². The number of esters is 1. The summed E-state index contributed by atoms with van der Waals surface area (Å²) in [4.78, 5) is 28.4. The molecule has 1 N–H and O–H groups in total. The van der Waals surface area contributed by atoms with Gasteiger partial charge in [-0.1, -0.05) is 11.6 Å². The Kier molecular flexibility index (Phi) is 6.40. The molecule has 156 valence electrons. The summed E-state index contributed by atoms with van der Waals surface area (Å²) in [7, 11) is 4.39. The molecule has 3 aromatic rings. The number of nitriles is 1. The standard InChI is InChI=1S/C20H20ClN5O4/c1-25-15-5-4-12(24-14-6-8-23-18(21)13(14)11-22)10-16(15)26(20(25)28)9-7-17(29-2)19(27)30-3/h4-6,8,10,17H,7,9H2,1-3H3,(H,23,24). The Balaban J connectivity index is 1.97. The second-order valence-electron chi connectivity index (χ2n) is 6.49. The highest BCUT2D eigenvalue weighted by Gasteiger charge is 2.20. The van der Waals surface area contributed by atoms with Crippen LogP contribution in [0.25, 0.3) is 11.0 Å². The van der Waals surface area contributed by atoms with Crippen molar-refractivity contribution < 1.29 is 14.3 Å². The van der Waals surface area contributed by atoms with Crippen LogP contribution >= 0.6 is 11.6 Å². The first kappa shape index (κ1) is 21.4. The number of carbonyl (C=O) groups is 1. The van der Waals surface area contributed by atoms with Gasteiger partial charge in [-0.2, -0.15) is 5.26 Å². The van der Waals surface area contributed by atoms with Crippen molar-refractivity contribution in [2.75, 3.05) is 19.5 Å². The quantitative estimate of drug-likeness (QED) is 0.453. The number of rotatable bonds is 7. The van der Waals surface area contributed by atoms with Gasteiger partial charge in [-0.15, -0.1) is 0 Å². The van der Waals surface area contributed by atoms with Crippen LogP contribution in [0.1, 0.15) is 12.0 Å². The van der Waals surface area contributed by atoms with E-state index >= 15 is 0 Å². The fourth-order valence-electron chi connectivity index (χ4n) is 3.22. The van der Waals surface area contributed by atoms with E-state index < -0.39 is 12.1 Å². The third kappa shape index (κ3) is 4.01. The van der Waals surface area contributed by atoms with E-state index in [0.717, 1.165) is 5.52 Å². The van der Waals surface area contributed by atoms with Crippen LogP contribution in [0, 0.1) is 11.3 Å². The summed E-state index contributed by atoms with van der Waals surface area (Å²) >= 11 is 5.99. The number of methoxy groups -OCH3 is 2. The van der Waals surface area contributed by atoms with Gasteiger partial charge >= 0.3 is 11.7 Å². The Morgan fingerprint density at radius 2 is 2.10 bits per heavy atom. The number of halogens is 1. The minimum atomic E-state index is -0.768. The number of nitrogens with one attached hydrogen (secondary N) is 1. The third-order valence-electron chi connectivity index (χ3n) is 4.80. The number of aryl methyl sites for hydroxylation is 2. The minimum absolute atomic E-state index is 0.105. The number of pyridine rings is 1. The molecule has 0 amide bonds. The normalized spacial score (nSPS) is 11.8. The molecule has 0 aliphatic carbocycles. The Morgan fingerprint density at radius 3 is 2.77 bits per heavy atom. The fraction of sp³-hybridized carbons (Fsp3) is 0.300. The van der Waals surface area contributed by atoms with Gasteiger partial charge in [0, 0.05) is 39.0 Å². The van der Waals surface area contributed by atoms with Crippen LogP contribution in [0.5, 0.6) is 0 Å². The molecule has 0 fully saturated rings. The molecule has 3 rings (SSSR count). The lowest BCUT2D eigenvalue weighted by atomic mass is 10.2. The van der Waals surface area contributed by atoms with Gasteiger partial charge in [0.15, 0.2) is 6.10 Å². The van der Waals surface area contributed by atoms with Crippen LogP contribution in [0.4, 0.5) is 11.4 Å². The molecule has 10 heteroatoms. The largest absolute Gasteiger partial charge is 0.467 e. The number of anilines is 2. The van der Waals surface area contributed by atoms with Crippen molar-refractivity contribution in [3.63, 3.8) is 0 Å². The molecule has 0 radical (unpaired) electrons. The molecule has 2 aromatic heterocycles. The SMILES string of the molecule is COC(=O)C(CCn1c(=O)n(C)c2ccc(Nc3ccnc(Cl)c3C#N)cc21)OC. The monoisotopic (exact) mass is 429 g/mol. The summed E-state index contributed by atoms with van der Waals surface area (Å²) in [5.41, 5.74) is 2.58. The second kappa shape index (κ2) is 8.98. The summed E-state index contributed by atoms with van der Waals surface area (Å²) in [5.74, 6) is -0.494. The van der Waals surface area contributed by atoms with Crippen molar-refractivity contribution in [2.45, 2.75) is 19.1 Å². The molecule has 0 aliphatic heterocycles. The van der Waals surface area contributed by atoms with Crippen molar-refractivity contribution in [3.8, 4) is 6.07 Å². The number of fused-ring (bicyclic) bond motifs is 1. The second-order valence-corrected chi connectivity index (χ2v) is 6.85. The zero-order chi connectivity index (χ0) is 21.8. The van der Waals surface area contributed by atoms with Gasteiger partial charge in [-0.3, -0.25) is 9.13 Å². The van der Waals surface area contributed by atoms with Gasteiger partial charge in [-0.25, -0.2) is 14.6 Å². The van der Waals surface area contributed by atoms with E-state index in [4.69, 9.17) is 21.1 Å². The molecule has 1 aromatic carbocycles. The summed E-state index contributed by atoms with van der Waals surface area (Å²) < 4.78 is 13.0. The van der Waals surface area contributed by atoms with Crippen molar-refractivity contribution in [2.24, 2.45) is 7.05 Å². The maximum Gasteiger partial charge on any atom is 0.335 e. The average Bonchev–Trinajstić information content (AvgIpc) is 2.98. The van der Waals surface area contributed by atoms with Crippen LogP contribution in [-0.4, -0.2) is 40.4 Å². The fourth-order valence-corrected chi connectivity index (χ4v) is 3.42. The molecule has 0 bridgehead atoms. The molecule has 9 nitrogen and oxygen atoms in total. The summed E-state index contributed by atoms with van der Waals surface area (Å²) in [5, 5.41) is 12.6. The first-order valence-electron chi connectivity index (χ1n) is 9.02. The summed E-state index contributed by atoms with van der Waals surface area (Å²) in [6, 6.07) is 9.07. The van der Waals surface area contributed by atoms with Gasteiger partial charge in [0.1, 0.15) is 16.8 Å². The topological polar surface area (TPSA) is 111 Å². The van der Waals surface area contributed by atoms with E-state index in [1.54, 1.807) is 35.9 Å². The highest BCUT2D eigenvalue weighted by atomic mass is 35.5. The lowest BCUT2D eigenvalue weighted by Crippen LogP contribution is -2.29. The number of benzene rings is 1. The molecule has 0 saturated carbocycles. The predicted octanol–water partition coefficient (Wildman–Crippen LogP) is 2.58. The van der Waals surface area contributed by atoms with Gasteiger partial charge in [0.25, 0.3) is 0 Å². The predicted molar refractivity (Wildman–Crippen MR) is 112 cm³/mol. The number of ether oxygens (including phenoxy) is 2. The van der Waals surface area contributed by atoms with E-state index in [1.165, 1.54) is 25.0 Å². The molecule has 30 heavy (non-hydrogen) atoms. The summed E-state index contributed by atoms with van der Waals surface area (Å²) in [6.45, 7) is 0.262. The molecular formula is C20H20ClN5O4. The highest BCUT2D eigenvalue weighted by Crippen LogP contribution is 2.26. The minimum Gasteiger partial charge on any atom is -0.467 e. The smallest absolute Gasteiger partial charge is 0.335 e. The molecule has 2 heterocycles. The molecule has 0 saturated heterocycles. The summed E-state index contributed by atoms with van der Waals surface area (Å²) in [6.07, 6.45) is 1.01. The number of aromatic nitrogens is 3. The number of hydrogen-bond donors (Lipinski definition) is 1. The van der Waals surface area contributed by atoms with E-state index in [2.05, 4.69) is 10.3 Å². The first-order chi connectivity index (χ1) is 14.4. The number of nitrogens with zero attached hydrogens (tertiary/aromatic N) is 4. The van der Waals surface area contributed by atoms with Crippen molar-refractivity contribution in [1.29, 1.82) is 5.26 Å². The van der Waals surface area contributed by atoms with Gasteiger partial charge in [0.05, 0.1) is 23.8 Å². The number of hydrogen-bond acceptors (Lipinski definition) is 7. The molecule has 0 aliphatic rings. The van der Waals surface area contributed by atoms with Crippen molar-refractivity contribution in [1.82, 2.24) is 14.1 Å². The molecule has 1 atom stereocenters. The molecule has 1 unspecified atom stereocenters. The van der Waals surface area contributed by atoms with Gasteiger partial charge in [-0.05, 0) is 24.3 Å². The first-order valence-corrected chi connectivity index (χ1v) is 9.40. The van der Waals surface area contributed by atoms with E-state index in [9.17, 15) is 14.9 Å². The Morgan fingerprint density at radius 1 is 1.33 bits per heavy atom. The van der Waals surface area contributed by atoms with E-state index in [1.807, 2.05) is 6.07 Å². The maximum absolute atomic E-state index is 12.7. The Hall–Kier alpha value is -3.35. The van der Waals surface area contributed by atoms with Crippen molar-refractivity contribution >= 4 is 40.0 Å². The highest BCUT2D eigenvalue weighted by molar-refractivity contribution is 6.31. The molecule has 0 spiro atoms. The lowest BCUT2D eigenvalue weighted by molar-refractivity contribution is -0.152. The Labute approximate surface area is 177 Å². The third-order valence-corrected chi connectivity index (χ3v) is 5.09. The van der Waals surface area contributed by atoms with Crippen LogP contribution in [0.3, 0.4) is 0 Å². The molecular weight excluding hydrogens is 410 g/mol. The van der Waals surface area contributed by atoms with Crippen LogP contribution < -0.4 is 11.0 Å². The van der Waals surface area contributed by atoms with Crippen molar-refractivity contribution in [3.05, 3.63) is 51.7 Å². The zero-order valence-electron chi connectivity index (χ0n) is 16.7. The maximum atomic E-state index is 12.7. The Bertz CT molecular complexity index is 1190. The zero-order valence-corrected chi connectivity index (χ0v) is 17.4. The van der Waals surface area contributed by atoms with Gasteiger partial charge in [0.2, 0.25) is 0 Å². The lowest BCUT2D eigenvalue weighted by Gasteiger charge is -2.13. The number of imidazole rings is 1. The van der Waals surface area contributed by atoms with Crippen LogP contribution in [0.15, 0.2) is 35.3 Å². The number of carbonyl (C=O) groups excluding carboxylic acids is 1. The van der Waals surface area contributed by atoms with Crippen LogP contribution in [-0.2, 0) is 27.9 Å². The van der Waals surface area contributed by atoms with E-state index in [0.29, 0.717) is 16.9 Å². The average molecular weight is 430 g/mol. The van der Waals surface area contributed by atoms with Crippen LogP contribution in [0.2, 0.25) is 5.15 Å². The van der Waals surface area contributed by atoms with E-state index in [-0.39, 0.29) is 29.4 Å².